The summed E-state index contributed by atoms with van der Waals surface area (Å²) in [5.74, 6) is 0.0987. The Morgan fingerprint density at radius 2 is 1.85 bits per heavy atom. The molecular weight excluding hydrogens is 346 g/mol. The molecule has 0 radical (unpaired) electrons. The number of hydrogen-bond donors (Lipinski definition) is 2. The van der Waals surface area contributed by atoms with Gasteiger partial charge in [0.25, 0.3) is 5.91 Å². The third-order valence-corrected chi connectivity index (χ3v) is 4.10. The molecule has 142 valence electrons. The third-order valence-electron chi connectivity index (χ3n) is 4.10. The second kappa shape index (κ2) is 9.09. The van der Waals surface area contributed by atoms with Gasteiger partial charge in [0, 0.05) is 24.3 Å². The van der Waals surface area contributed by atoms with Crippen LogP contribution in [0.15, 0.2) is 36.4 Å². The van der Waals surface area contributed by atoms with Gasteiger partial charge in [-0.05, 0) is 25.1 Å². The van der Waals surface area contributed by atoms with E-state index in [2.05, 4.69) is 25.5 Å². The minimum Gasteiger partial charge on any atom is -0.378 e. The molecule has 1 aliphatic heterocycles. The number of anilines is 1. The van der Waals surface area contributed by atoms with Gasteiger partial charge in [0.15, 0.2) is 0 Å². The topological polar surface area (TPSA) is 96.5 Å². The molecule has 0 spiro atoms. The molecular formula is C19H23N5O3. The summed E-state index contributed by atoms with van der Waals surface area (Å²) in [7, 11) is 0. The summed E-state index contributed by atoms with van der Waals surface area (Å²) in [6, 6.07) is 10.6. The lowest BCUT2D eigenvalue weighted by Crippen LogP contribution is -2.38. The number of carbonyl (C=O) groups is 2. The van der Waals surface area contributed by atoms with Gasteiger partial charge in [0.2, 0.25) is 11.9 Å². The van der Waals surface area contributed by atoms with Gasteiger partial charge in [0.1, 0.15) is 0 Å². The van der Waals surface area contributed by atoms with Crippen molar-refractivity contribution >= 4 is 17.8 Å². The van der Waals surface area contributed by atoms with E-state index in [9.17, 15) is 9.59 Å². The monoisotopic (exact) mass is 369 g/mol. The van der Waals surface area contributed by atoms with Gasteiger partial charge in [-0.15, -0.1) is 0 Å². The van der Waals surface area contributed by atoms with E-state index in [-0.39, 0.29) is 24.9 Å². The first-order valence-corrected chi connectivity index (χ1v) is 8.89. The molecule has 0 unspecified atom stereocenters. The molecule has 2 aromatic rings. The van der Waals surface area contributed by atoms with Crippen LogP contribution in [-0.4, -0.2) is 54.6 Å². The van der Waals surface area contributed by atoms with Crippen LogP contribution < -0.4 is 15.5 Å². The first kappa shape index (κ1) is 18.8. The zero-order valence-electron chi connectivity index (χ0n) is 15.3. The Morgan fingerprint density at radius 1 is 1.11 bits per heavy atom. The fourth-order valence-electron chi connectivity index (χ4n) is 2.72. The number of benzene rings is 1. The summed E-state index contributed by atoms with van der Waals surface area (Å²) < 4.78 is 5.35. The van der Waals surface area contributed by atoms with Crippen LogP contribution in [0.25, 0.3) is 0 Å². The highest BCUT2D eigenvalue weighted by Crippen LogP contribution is 2.12. The number of ether oxygens (including phenoxy) is 1. The van der Waals surface area contributed by atoms with E-state index in [0.717, 1.165) is 24.5 Å². The highest BCUT2D eigenvalue weighted by Gasteiger charge is 2.15. The van der Waals surface area contributed by atoms with Crippen LogP contribution in [0.5, 0.6) is 0 Å². The van der Waals surface area contributed by atoms with E-state index in [1.54, 1.807) is 24.3 Å². The fraction of sp³-hybridized carbons (Fsp3) is 0.368. The second-order valence-electron chi connectivity index (χ2n) is 6.23. The molecule has 1 saturated heterocycles. The van der Waals surface area contributed by atoms with Crippen molar-refractivity contribution in [1.82, 2.24) is 20.6 Å². The molecule has 1 aromatic heterocycles. The molecule has 8 heteroatoms. The maximum Gasteiger partial charge on any atom is 0.251 e. The summed E-state index contributed by atoms with van der Waals surface area (Å²) in [5.41, 5.74) is 2.09. The summed E-state index contributed by atoms with van der Waals surface area (Å²) in [5, 5.41) is 5.38. The Balaban J connectivity index is 1.51. The SMILES string of the molecule is Cc1cc(CNC(=O)CNC(=O)c2ccccc2)nc(N2CCOCC2)n1. The van der Waals surface area contributed by atoms with E-state index in [1.165, 1.54) is 0 Å². The third kappa shape index (κ3) is 5.49. The van der Waals surface area contributed by atoms with Gasteiger partial charge in [-0.1, -0.05) is 18.2 Å². The number of nitrogens with zero attached hydrogens (tertiary/aromatic N) is 3. The molecule has 1 fully saturated rings. The molecule has 8 nitrogen and oxygen atoms in total. The largest absolute Gasteiger partial charge is 0.378 e. The lowest BCUT2D eigenvalue weighted by molar-refractivity contribution is -0.120. The summed E-state index contributed by atoms with van der Waals surface area (Å²) in [6.07, 6.45) is 0. The van der Waals surface area contributed by atoms with Crippen LogP contribution in [0.4, 0.5) is 5.95 Å². The van der Waals surface area contributed by atoms with Gasteiger partial charge < -0.3 is 20.3 Å². The van der Waals surface area contributed by atoms with Crippen LogP contribution in [-0.2, 0) is 16.1 Å². The molecule has 27 heavy (non-hydrogen) atoms. The van der Waals surface area contributed by atoms with Crippen LogP contribution in [0.1, 0.15) is 21.7 Å². The van der Waals surface area contributed by atoms with Gasteiger partial charge in [-0.3, -0.25) is 9.59 Å². The van der Waals surface area contributed by atoms with E-state index < -0.39 is 0 Å². The molecule has 0 saturated carbocycles. The number of morpholine rings is 1. The van der Waals surface area contributed by atoms with Crippen LogP contribution >= 0.6 is 0 Å². The zero-order chi connectivity index (χ0) is 19.1. The Morgan fingerprint density at radius 3 is 2.59 bits per heavy atom. The second-order valence-corrected chi connectivity index (χ2v) is 6.23. The molecule has 2 heterocycles. The average Bonchev–Trinajstić information content (AvgIpc) is 2.71. The normalized spacial score (nSPS) is 13.9. The van der Waals surface area contributed by atoms with Crippen molar-refractivity contribution in [3.05, 3.63) is 53.3 Å². The molecule has 3 rings (SSSR count). The summed E-state index contributed by atoms with van der Waals surface area (Å²) in [4.78, 5) is 35.1. The van der Waals surface area contributed by atoms with E-state index in [4.69, 9.17) is 4.74 Å². The van der Waals surface area contributed by atoms with Crippen LogP contribution in [0, 0.1) is 6.92 Å². The van der Waals surface area contributed by atoms with Gasteiger partial charge in [0.05, 0.1) is 32.0 Å². The lowest BCUT2D eigenvalue weighted by atomic mass is 10.2. The Bertz CT molecular complexity index is 791. The lowest BCUT2D eigenvalue weighted by Gasteiger charge is -2.27. The van der Waals surface area contributed by atoms with Gasteiger partial charge in [-0.25, -0.2) is 9.97 Å². The number of aromatic nitrogens is 2. The molecule has 2 N–H and O–H groups in total. The van der Waals surface area contributed by atoms with Crippen LogP contribution in [0.3, 0.4) is 0 Å². The van der Waals surface area contributed by atoms with Crippen LogP contribution in [0.2, 0.25) is 0 Å². The first-order valence-electron chi connectivity index (χ1n) is 8.89. The van der Waals surface area contributed by atoms with Crippen molar-refractivity contribution < 1.29 is 14.3 Å². The van der Waals surface area contributed by atoms with E-state index in [0.29, 0.717) is 24.7 Å². The summed E-state index contributed by atoms with van der Waals surface area (Å²) in [6.45, 7) is 4.91. The minimum atomic E-state index is -0.279. The number of hydrogen-bond acceptors (Lipinski definition) is 6. The Kier molecular flexibility index (Phi) is 6.32. The highest BCUT2D eigenvalue weighted by atomic mass is 16.5. The zero-order valence-corrected chi connectivity index (χ0v) is 15.3. The average molecular weight is 369 g/mol. The number of amides is 2. The number of aryl methyl sites for hydroxylation is 1. The van der Waals surface area contributed by atoms with Gasteiger partial charge in [-0.2, -0.15) is 0 Å². The highest BCUT2D eigenvalue weighted by molar-refractivity contribution is 5.96. The standard InChI is InChI=1S/C19H23N5O3/c1-14-11-16(23-19(22-14)24-7-9-27-10-8-24)12-20-17(25)13-21-18(26)15-5-3-2-4-6-15/h2-6,11H,7-10,12-13H2,1H3,(H,20,25)(H,21,26). The molecule has 0 bridgehead atoms. The minimum absolute atomic E-state index is 0.0892. The number of rotatable bonds is 6. The van der Waals surface area contributed by atoms with Crippen molar-refractivity contribution in [3.8, 4) is 0 Å². The van der Waals surface area contributed by atoms with E-state index >= 15 is 0 Å². The number of nitrogens with one attached hydrogen (secondary N) is 2. The summed E-state index contributed by atoms with van der Waals surface area (Å²) >= 11 is 0. The molecule has 0 aliphatic carbocycles. The van der Waals surface area contributed by atoms with Crippen molar-refractivity contribution in [2.75, 3.05) is 37.7 Å². The predicted octanol–water partition coefficient (Wildman–Crippen LogP) is 0.668. The number of carbonyl (C=O) groups excluding carboxylic acids is 2. The Labute approximate surface area is 158 Å². The maximum atomic E-state index is 12.0. The molecule has 1 aliphatic rings. The molecule has 0 atom stereocenters. The quantitative estimate of drug-likeness (QED) is 0.777. The fourth-order valence-corrected chi connectivity index (χ4v) is 2.72. The molecule has 1 aromatic carbocycles. The van der Waals surface area contributed by atoms with Crippen molar-refractivity contribution in [3.63, 3.8) is 0 Å². The first-order chi connectivity index (χ1) is 13.1. The van der Waals surface area contributed by atoms with Crippen molar-refractivity contribution in [1.29, 1.82) is 0 Å². The van der Waals surface area contributed by atoms with E-state index in [1.807, 2.05) is 19.1 Å². The van der Waals surface area contributed by atoms with Crippen molar-refractivity contribution in [2.24, 2.45) is 0 Å². The molecule has 2 amide bonds. The van der Waals surface area contributed by atoms with Gasteiger partial charge >= 0.3 is 0 Å². The smallest absolute Gasteiger partial charge is 0.251 e. The Hall–Kier alpha value is -3.00. The van der Waals surface area contributed by atoms with Crippen molar-refractivity contribution in [2.45, 2.75) is 13.5 Å². The maximum absolute atomic E-state index is 12.0. The predicted molar refractivity (Wildman–Crippen MR) is 100 cm³/mol.